The minimum atomic E-state index is 0.00647. The number of nitrogens with zero attached hydrogens (tertiary/aromatic N) is 1. The van der Waals surface area contributed by atoms with Crippen LogP contribution < -0.4 is 10.1 Å². The van der Waals surface area contributed by atoms with Gasteiger partial charge in [0.1, 0.15) is 5.75 Å². The molecule has 1 atom stereocenters. The fourth-order valence-electron chi connectivity index (χ4n) is 2.19. The van der Waals surface area contributed by atoms with Crippen molar-refractivity contribution in [2.24, 2.45) is 0 Å². The number of aryl methyl sites for hydroxylation is 1. The van der Waals surface area contributed by atoms with E-state index in [0.717, 1.165) is 22.6 Å². The molecule has 1 N–H and O–H groups in total. The van der Waals surface area contributed by atoms with Crippen LogP contribution in [0.3, 0.4) is 0 Å². The molecule has 0 amide bonds. The number of nitriles is 1. The van der Waals surface area contributed by atoms with Crippen molar-refractivity contribution in [1.29, 1.82) is 5.26 Å². The van der Waals surface area contributed by atoms with Crippen LogP contribution in [0.15, 0.2) is 36.4 Å². The fourth-order valence-corrected chi connectivity index (χ4v) is 2.36. The topological polar surface area (TPSA) is 45.0 Å². The Morgan fingerprint density at radius 2 is 2.00 bits per heavy atom. The van der Waals surface area contributed by atoms with E-state index >= 15 is 0 Å². The summed E-state index contributed by atoms with van der Waals surface area (Å²) in [5, 5.41) is 12.9. The van der Waals surface area contributed by atoms with E-state index in [1.165, 1.54) is 0 Å². The fraction of sp³-hybridized carbons (Fsp3) is 0.235. The van der Waals surface area contributed by atoms with Gasteiger partial charge in [-0.15, -0.1) is 0 Å². The van der Waals surface area contributed by atoms with Crippen molar-refractivity contribution >= 4 is 17.3 Å². The minimum Gasteiger partial charge on any atom is -0.496 e. The molecule has 0 heterocycles. The smallest absolute Gasteiger partial charge is 0.124 e. The lowest BCUT2D eigenvalue weighted by Crippen LogP contribution is -2.09. The Morgan fingerprint density at radius 1 is 1.24 bits per heavy atom. The Kier molecular flexibility index (Phi) is 4.72. The van der Waals surface area contributed by atoms with Crippen molar-refractivity contribution in [2.45, 2.75) is 19.9 Å². The van der Waals surface area contributed by atoms with Crippen LogP contribution in [-0.4, -0.2) is 7.11 Å². The monoisotopic (exact) mass is 300 g/mol. The van der Waals surface area contributed by atoms with Gasteiger partial charge in [-0.2, -0.15) is 5.26 Å². The quantitative estimate of drug-likeness (QED) is 0.890. The predicted octanol–water partition coefficient (Wildman–Crippen LogP) is 4.70. The van der Waals surface area contributed by atoms with Crippen LogP contribution >= 0.6 is 11.6 Å². The summed E-state index contributed by atoms with van der Waals surface area (Å²) < 4.78 is 5.43. The molecule has 0 aromatic heterocycles. The number of halogens is 1. The third kappa shape index (κ3) is 3.48. The standard InChI is InChI=1S/C17H17ClN2O/c1-11-4-6-14(17(8-11)21-3)12(2)20-16-9-13(10-19)5-7-15(16)18/h4-9,12,20H,1-3H3. The lowest BCUT2D eigenvalue weighted by atomic mass is 10.0. The van der Waals surface area contributed by atoms with E-state index in [1.54, 1.807) is 25.3 Å². The van der Waals surface area contributed by atoms with Gasteiger partial charge in [-0.1, -0.05) is 23.7 Å². The number of anilines is 1. The van der Waals surface area contributed by atoms with Crippen LogP contribution in [0.2, 0.25) is 5.02 Å². The van der Waals surface area contributed by atoms with E-state index in [4.69, 9.17) is 21.6 Å². The maximum atomic E-state index is 8.98. The van der Waals surface area contributed by atoms with Crippen molar-refractivity contribution in [3.05, 3.63) is 58.1 Å². The second-order valence-electron chi connectivity index (χ2n) is 4.92. The highest BCUT2D eigenvalue weighted by Crippen LogP contribution is 2.31. The summed E-state index contributed by atoms with van der Waals surface area (Å²) in [6.45, 7) is 4.06. The molecular weight excluding hydrogens is 284 g/mol. The molecule has 0 saturated heterocycles. The molecule has 2 aromatic carbocycles. The van der Waals surface area contributed by atoms with Gasteiger partial charge < -0.3 is 10.1 Å². The van der Waals surface area contributed by atoms with E-state index < -0.39 is 0 Å². The van der Waals surface area contributed by atoms with Crippen LogP contribution in [0.1, 0.15) is 29.7 Å². The summed E-state index contributed by atoms with van der Waals surface area (Å²) in [5.41, 5.74) is 3.50. The van der Waals surface area contributed by atoms with Crippen molar-refractivity contribution in [3.8, 4) is 11.8 Å². The zero-order chi connectivity index (χ0) is 15.4. The summed E-state index contributed by atoms with van der Waals surface area (Å²) in [6.07, 6.45) is 0. The van der Waals surface area contributed by atoms with Gasteiger partial charge in [-0.25, -0.2) is 0 Å². The maximum absolute atomic E-state index is 8.98. The number of hydrogen-bond acceptors (Lipinski definition) is 3. The van der Waals surface area contributed by atoms with Crippen molar-refractivity contribution in [3.63, 3.8) is 0 Å². The summed E-state index contributed by atoms with van der Waals surface area (Å²) in [6, 6.07) is 13.4. The zero-order valence-electron chi connectivity index (χ0n) is 12.3. The molecule has 0 radical (unpaired) electrons. The van der Waals surface area contributed by atoms with E-state index in [2.05, 4.69) is 11.4 Å². The number of methoxy groups -OCH3 is 1. The zero-order valence-corrected chi connectivity index (χ0v) is 13.0. The molecule has 0 saturated carbocycles. The number of hydrogen-bond donors (Lipinski definition) is 1. The van der Waals surface area contributed by atoms with E-state index in [0.29, 0.717) is 10.6 Å². The normalized spacial score (nSPS) is 11.6. The molecule has 0 spiro atoms. The first-order chi connectivity index (χ1) is 10.0. The van der Waals surface area contributed by atoms with Gasteiger partial charge in [0.05, 0.1) is 35.5 Å². The lowest BCUT2D eigenvalue weighted by Gasteiger charge is -2.19. The first-order valence-electron chi connectivity index (χ1n) is 6.66. The second kappa shape index (κ2) is 6.51. The Bertz CT molecular complexity index is 692. The highest BCUT2D eigenvalue weighted by molar-refractivity contribution is 6.33. The molecule has 108 valence electrons. The van der Waals surface area contributed by atoms with Crippen molar-refractivity contribution in [1.82, 2.24) is 0 Å². The number of ether oxygens (including phenoxy) is 1. The van der Waals surface area contributed by atoms with Crippen LogP contribution in [0.4, 0.5) is 5.69 Å². The summed E-state index contributed by atoms with van der Waals surface area (Å²) in [5.74, 6) is 0.836. The molecule has 0 bridgehead atoms. The van der Waals surface area contributed by atoms with Gasteiger partial charge in [0.25, 0.3) is 0 Å². The number of rotatable bonds is 4. The minimum absolute atomic E-state index is 0.00647. The van der Waals surface area contributed by atoms with Crippen LogP contribution in [0.25, 0.3) is 0 Å². The Balaban J connectivity index is 2.30. The third-order valence-corrected chi connectivity index (χ3v) is 3.65. The average molecular weight is 301 g/mol. The van der Waals surface area contributed by atoms with Crippen molar-refractivity contribution in [2.75, 3.05) is 12.4 Å². The average Bonchev–Trinajstić information content (AvgIpc) is 2.49. The van der Waals surface area contributed by atoms with E-state index in [-0.39, 0.29) is 6.04 Å². The third-order valence-electron chi connectivity index (χ3n) is 3.32. The summed E-state index contributed by atoms with van der Waals surface area (Å²) in [7, 11) is 1.66. The molecule has 3 nitrogen and oxygen atoms in total. The van der Waals surface area contributed by atoms with Crippen LogP contribution in [0, 0.1) is 18.3 Å². The van der Waals surface area contributed by atoms with Gasteiger partial charge in [0, 0.05) is 5.56 Å². The van der Waals surface area contributed by atoms with Gasteiger partial charge in [-0.3, -0.25) is 0 Å². The van der Waals surface area contributed by atoms with Gasteiger partial charge >= 0.3 is 0 Å². The highest BCUT2D eigenvalue weighted by Gasteiger charge is 2.13. The maximum Gasteiger partial charge on any atom is 0.124 e. The van der Waals surface area contributed by atoms with Crippen LogP contribution in [-0.2, 0) is 0 Å². The SMILES string of the molecule is COc1cc(C)ccc1C(C)Nc1cc(C#N)ccc1Cl. The predicted molar refractivity (Wildman–Crippen MR) is 85.9 cm³/mol. The van der Waals surface area contributed by atoms with E-state index in [1.807, 2.05) is 32.0 Å². The number of nitrogens with one attached hydrogen (secondary N) is 1. The Morgan fingerprint density at radius 3 is 2.67 bits per heavy atom. The van der Waals surface area contributed by atoms with Gasteiger partial charge in [0.15, 0.2) is 0 Å². The first kappa shape index (κ1) is 15.2. The molecule has 2 rings (SSSR count). The van der Waals surface area contributed by atoms with Gasteiger partial charge in [-0.05, 0) is 43.7 Å². The Hall–Kier alpha value is -2.18. The molecule has 21 heavy (non-hydrogen) atoms. The van der Waals surface area contributed by atoms with Gasteiger partial charge in [0.2, 0.25) is 0 Å². The molecule has 4 heteroatoms. The van der Waals surface area contributed by atoms with Crippen molar-refractivity contribution < 1.29 is 4.74 Å². The molecule has 0 aliphatic heterocycles. The lowest BCUT2D eigenvalue weighted by molar-refractivity contribution is 0.407. The molecule has 0 fully saturated rings. The molecule has 0 aliphatic carbocycles. The Labute approximate surface area is 130 Å². The van der Waals surface area contributed by atoms with E-state index in [9.17, 15) is 0 Å². The summed E-state index contributed by atoms with van der Waals surface area (Å²) in [4.78, 5) is 0. The molecule has 0 aliphatic rings. The molecule has 1 unspecified atom stereocenters. The molecule has 2 aromatic rings. The second-order valence-corrected chi connectivity index (χ2v) is 5.33. The number of benzene rings is 2. The van der Waals surface area contributed by atoms with Crippen LogP contribution in [0.5, 0.6) is 5.75 Å². The highest BCUT2D eigenvalue weighted by atomic mass is 35.5. The molecular formula is C17H17ClN2O. The largest absolute Gasteiger partial charge is 0.496 e. The summed E-state index contributed by atoms with van der Waals surface area (Å²) >= 11 is 6.18. The first-order valence-corrected chi connectivity index (χ1v) is 7.03.